The molecule has 0 atom stereocenters. The van der Waals surface area contributed by atoms with Crippen LogP contribution in [0.15, 0.2) is 0 Å². The van der Waals surface area contributed by atoms with Crippen molar-refractivity contribution >= 4 is 17.3 Å². The van der Waals surface area contributed by atoms with E-state index < -0.39 is 0 Å². The molecule has 0 rings (SSSR count). The molecule has 0 radical (unpaired) electrons. The Morgan fingerprint density at radius 3 is 1.56 bits per heavy atom. The van der Waals surface area contributed by atoms with Crippen molar-refractivity contribution in [2.75, 3.05) is 26.3 Å². The van der Waals surface area contributed by atoms with Gasteiger partial charge in [0.2, 0.25) is 0 Å². The van der Waals surface area contributed by atoms with Crippen molar-refractivity contribution in [2.24, 2.45) is 16.6 Å². The van der Waals surface area contributed by atoms with Crippen LogP contribution in [0.3, 0.4) is 0 Å². The number of nitrogens with two attached hydrogens (primary N) is 1. The van der Waals surface area contributed by atoms with Crippen molar-refractivity contribution < 1.29 is 10.2 Å². The largest absolute Gasteiger partial charge is 0.396 e. The lowest BCUT2D eigenvalue weighted by molar-refractivity contribution is 0.127. The van der Waals surface area contributed by atoms with Crippen LogP contribution in [0.4, 0.5) is 0 Å². The molecule has 18 heavy (non-hydrogen) atoms. The normalized spacial score (nSPS) is 12.6. The van der Waals surface area contributed by atoms with Gasteiger partial charge in [-0.05, 0) is 35.9 Å². The van der Waals surface area contributed by atoms with Crippen molar-refractivity contribution in [2.45, 2.75) is 40.5 Å². The lowest BCUT2D eigenvalue weighted by atomic mass is 9.89. The second kappa shape index (κ2) is 7.26. The third-order valence-electron chi connectivity index (χ3n) is 3.28. The van der Waals surface area contributed by atoms with E-state index in [4.69, 9.17) is 18.0 Å². The average molecular weight is 276 g/mol. The minimum atomic E-state index is -0.116. The van der Waals surface area contributed by atoms with Crippen LogP contribution in [-0.4, -0.2) is 46.5 Å². The summed E-state index contributed by atoms with van der Waals surface area (Å²) in [4.78, 5) is 1.95. The van der Waals surface area contributed by atoms with E-state index in [1.807, 2.05) is 32.6 Å². The molecule has 4 N–H and O–H groups in total. The molecule has 108 valence electrons. The molecule has 0 spiro atoms. The van der Waals surface area contributed by atoms with Gasteiger partial charge >= 0.3 is 0 Å². The van der Waals surface area contributed by atoms with Crippen molar-refractivity contribution in [3.63, 3.8) is 0 Å². The Kier molecular flexibility index (Phi) is 7.10. The first-order chi connectivity index (χ1) is 8.13. The fraction of sp³-hybridized carbons (Fsp3) is 0.923. The Morgan fingerprint density at radius 1 is 1.00 bits per heavy atom. The van der Waals surface area contributed by atoms with Gasteiger partial charge in [0.05, 0.1) is 0 Å². The summed E-state index contributed by atoms with van der Waals surface area (Å²) in [6.45, 7) is 9.85. The molecule has 0 aliphatic carbocycles. The fourth-order valence-electron chi connectivity index (χ4n) is 1.37. The molecule has 0 aliphatic rings. The Morgan fingerprint density at radius 2 is 1.33 bits per heavy atom. The van der Waals surface area contributed by atoms with Gasteiger partial charge in [0, 0.05) is 26.3 Å². The first-order valence-corrected chi connectivity index (χ1v) is 6.80. The molecular weight excluding hydrogens is 248 g/mol. The molecule has 0 amide bonds. The molecule has 0 heterocycles. The van der Waals surface area contributed by atoms with Crippen LogP contribution in [-0.2, 0) is 0 Å². The van der Waals surface area contributed by atoms with Crippen LogP contribution in [0.2, 0.25) is 0 Å². The topological polar surface area (TPSA) is 69.7 Å². The van der Waals surface area contributed by atoms with Gasteiger partial charge in [-0.1, -0.05) is 27.7 Å². The van der Waals surface area contributed by atoms with E-state index in [0.717, 1.165) is 25.9 Å². The predicted octanol–water partition coefficient (Wildman–Crippen LogP) is 1.35. The Hall–Kier alpha value is -0.390. The zero-order valence-electron chi connectivity index (χ0n) is 12.1. The predicted molar refractivity (Wildman–Crippen MR) is 79.3 cm³/mol. The van der Waals surface area contributed by atoms with Crippen LogP contribution in [0, 0.1) is 10.8 Å². The third kappa shape index (κ3) is 7.13. The smallest absolute Gasteiger partial charge is 0.166 e. The summed E-state index contributed by atoms with van der Waals surface area (Å²) in [5, 5.41) is 18.8. The van der Waals surface area contributed by atoms with E-state index in [1.165, 1.54) is 0 Å². The second-order valence-corrected chi connectivity index (χ2v) is 6.89. The molecule has 0 aromatic rings. The highest BCUT2D eigenvalue weighted by atomic mass is 32.1. The van der Waals surface area contributed by atoms with E-state index in [0.29, 0.717) is 5.11 Å². The number of aliphatic hydroxyl groups is 2. The first-order valence-electron chi connectivity index (χ1n) is 6.40. The minimum absolute atomic E-state index is 0.116. The van der Waals surface area contributed by atoms with E-state index in [1.54, 1.807) is 0 Å². The lowest BCUT2D eigenvalue weighted by Gasteiger charge is -2.31. The van der Waals surface area contributed by atoms with Gasteiger partial charge < -0.3 is 20.8 Å². The van der Waals surface area contributed by atoms with E-state index in [9.17, 15) is 10.2 Å². The monoisotopic (exact) mass is 276 g/mol. The molecule has 0 aromatic heterocycles. The minimum Gasteiger partial charge on any atom is -0.396 e. The van der Waals surface area contributed by atoms with Crippen LogP contribution in [0.1, 0.15) is 40.5 Å². The Balaban J connectivity index is 4.29. The van der Waals surface area contributed by atoms with E-state index in [2.05, 4.69) is 0 Å². The van der Waals surface area contributed by atoms with E-state index in [-0.39, 0.29) is 24.0 Å². The third-order valence-corrected chi connectivity index (χ3v) is 3.54. The summed E-state index contributed by atoms with van der Waals surface area (Å²) < 4.78 is 0. The highest BCUT2D eigenvalue weighted by Gasteiger charge is 2.21. The highest BCUT2D eigenvalue weighted by Crippen LogP contribution is 2.22. The molecule has 0 saturated heterocycles. The van der Waals surface area contributed by atoms with Crippen molar-refractivity contribution in [1.29, 1.82) is 0 Å². The number of nitrogens with zero attached hydrogens (tertiary/aromatic N) is 1. The maximum absolute atomic E-state index is 9.23. The molecule has 5 heteroatoms. The van der Waals surface area contributed by atoms with Gasteiger partial charge in [-0.25, -0.2) is 0 Å². The van der Waals surface area contributed by atoms with Gasteiger partial charge in [-0.15, -0.1) is 0 Å². The van der Waals surface area contributed by atoms with Crippen molar-refractivity contribution in [1.82, 2.24) is 4.90 Å². The van der Waals surface area contributed by atoms with Crippen LogP contribution < -0.4 is 5.73 Å². The van der Waals surface area contributed by atoms with Gasteiger partial charge in [-0.2, -0.15) is 0 Å². The fourth-order valence-corrected chi connectivity index (χ4v) is 1.55. The van der Waals surface area contributed by atoms with E-state index >= 15 is 0 Å². The highest BCUT2D eigenvalue weighted by molar-refractivity contribution is 7.80. The molecule has 0 unspecified atom stereocenters. The Labute approximate surface area is 116 Å². The van der Waals surface area contributed by atoms with Gasteiger partial charge in [0.25, 0.3) is 0 Å². The SMILES string of the molecule is CC(C)(CO)CCN(CCC(C)(C)CO)C(N)=S. The molecular formula is C13H28N2O2S. The summed E-state index contributed by atoms with van der Waals surface area (Å²) >= 11 is 5.04. The average Bonchev–Trinajstić information content (AvgIpc) is 2.28. The second-order valence-electron chi connectivity index (χ2n) is 6.47. The summed E-state index contributed by atoms with van der Waals surface area (Å²) in [6, 6.07) is 0. The summed E-state index contributed by atoms with van der Waals surface area (Å²) in [7, 11) is 0. The summed E-state index contributed by atoms with van der Waals surface area (Å²) in [5.74, 6) is 0. The van der Waals surface area contributed by atoms with Gasteiger partial charge in [0.15, 0.2) is 5.11 Å². The zero-order chi connectivity index (χ0) is 14.4. The number of rotatable bonds is 8. The Bertz CT molecular complexity index is 248. The van der Waals surface area contributed by atoms with Crippen molar-refractivity contribution in [3.05, 3.63) is 0 Å². The number of hydrogen-bond donors (Lipinski definition) is 3. The molecule has 0 bridgehead atoms. The first kappa shape index (κ1) is 17.6. The number of thiocarbonyl (C=S) groups is 1. The summed E-state index contributed by atoms with van der Waals surface area (Å²) in [6.07, 6.45) is 1.67. The lowest BCUT2D eigenvalue weighted by Crippen LogP contribution is -2.40. The maximum atomic E-state index is 9.23. The quantitative estimate of drug-likeness (QED) is 0.584. The van der Waals surface area contributed by atoms with Crippen LogP contribution >= 0.6 is 12.2 Å². The zero-order valence-corrected chi connectivity index (χ0v) is 12.9. The number of hydrogen-bond acceptors (Lipinski definition) is 3. The van der Waals surface area contributed by atoms with Gasteiger partial charge in [-0.3, -0.25) is 0 Å². The standard InChI is InChI=1S/C13H28N2O2S/c1-12(2,9-16)5-7-15(11(14)18)8-6-13(3,4)10-17/h16-17H,5-10H2,1-4H3,(H2,14,18). The molecule has 0 aromatic carbocycles. The molecule has 0 saturated carbocycles. The summed E-state index contributed by atoms with van der Waals surface area (Å²) in [5.41, 5.74) is 5.48. The molecule has 0 aliphatic heterocycles. The van der Waals surface area contributed by atoms with Crippen LogP contribution in [0.25, 0.3) is 0 Å². The number of aliphatic hydroxyl groups excluding tert-OH is 2. The molecule has 0 fully saturated rings. The van der Waals surface area contributed by atoms with Crippen molar-refractivity contribution in [3.8, 4) is 0 Å². The van der Waals surface area contributed by atoms with Gasteiger partial charge in [0.1, 0.15) is 0 Å². The van der Waals surface area contributed by atoms with Crippen LogP contribution in [0.5, 0.6) is 0 Å². The molecule has 4 nitrogen and oxygen atoms in total. The maximum Gasteiger partial charge on any atom is 0.166 e.